The number of carbonyl (C=O) groups is 1. The first-order valence-electron chi connectivity index (χ1n) is 8.04. The summed E-state index contributed by atoms with van der Waals surface area (Å²) in [7, 11) is -0.244. The van der Waals surface area contributed by atoms with Crippen LogP contribution in [0.3, 0.4) is 0 Å². The van der Waals surface area contributed by atoms with Crippen LogP contribution in [0.25, 0.3) is 0 Å². The monoisotopic (exact) mass is 310 g/mol. The van der Waals surface area contributed by atoms with Gasteiger partial charge in [0.1, 0.15) is 0 Å². The summed E-state index contributed by atoms with van der Waals surface area (Å²) in [5, 5.41) is 0. The number of carbonyl (C=O) groups excluding carboxylic acids is 1. The third-order valence-electron chi connectivity index (χ3n) is 4.46. The molecule has 0 radical (unpaired) electrons. The number of allylic oxidation sites excluding steroid dienone is 1. The molecule has 0 amide bonds. The molecule has 1 saturated heterocycles. The summed E-state index contributed by atoms with van der Waals surface area (Å²) in [6.07, 6.45) is 3.34. The molecule has 1 heterocycles. The molecule has 1 aliphatic heterocycles. The Balaban J connectivity index is 2.44. The normalized spacial score (nSPS) is 21.5. The van der Waals surface area contributed by atoms with Crippen molar-refractivity contribution in [2.45, 2.75) is 72.4 Å². The second-order valence-corrected chi connectivity index (χ2v) is 8.09. The van der Waals surface area contributed by atoms with E-state index in [2.05, 4.69) is 6.58 Å². The van der Waals surface area contributed by atoms with Crippen molar-refractivity contribution >= 4 is 13.1 Å². The Hall–Kier alpha value is -0.805. The van der Waals surface area contributed by atoms with Gasteiger partial charge >= 0.3 is 13.1 Å². The zero-order valence-corrected chi connectivity index (χ0v) is 15.2. The Morgan fingerprint density at radius 2 is 1.73 bits per heavy atom. The van der Waals surface area contributed by atoms with E-state index in [1.807, 2.05) is 54.5 Å². The molecule has 0 aromatic rings. The lowest BCUT2D eigenvalue weighted by atomic mass is 9.76. The lowest BCUT2D eigenvalue weighted by Crippen LogP contribution is -2.41. The second kappa shape index (κ2) is 6.75. The maximum Gasteiger partial charge on any atom is 0.458 e. The number of hydrogen-bond acceptors (Lipinski definition) is 4. The minimum absolute atomic E-state index is 0.175. The van der Waals surface area contributed by atoms with Gasteiger partial charge in [-0.25, -0.2) is 0 Å². The summed E-state index contributed by atoms with van der Waals surface area (Å²) < 4.78 is 17.3. The molecule has 5 heteroatoms. The van der Waals surface area contributed by atoms with Gasteiger partial charge in [0.25, 0.3) is 0 Å². The minimum atomic E-state index is -0.463. The van der Waals surface area contributed by atoms with Crippen molar-refractivity contribution in [3.63, 3.8) is 0 Å². The van der Waals surface area contributed by atoms with Crippen LogP contribution in [0.15, 0.2) is 12.7 Å². The lowest BCUT2D eigenvalue weighted by molar-refractivity contribution is -0.153. The molecule has 1 atom stereocenters. The van der Waals surface area contributed by atoms with Gasteiger partial charge in [0.05, 0.1) is 23.2 Å². The quantitative estimate of drug-likeness (QED) is 0.424. The van der Waals surface area contributed by atoms with Gasteiger partial charge in [-0.15, -0.1) is 6.58 Å². The van der Waals surface area contributed by atoms with E-state index in [1.54, 1.807) is 0 Å². The standard InChI is InChI=1S/C17H31BO4/c1-9-13(10-11-20-14(19)15(2,3)4)12-18-21-16(5,6)17(7,8)22-18/h9,13H,1,10-12H2,2-8H3. The van der Waals surface area contributed by atoms with Crippen LogP contribution in [0, 0.1) is 11.3 Å². The number of ether oxygens (including phenoxy) is 1. The van der Waals surface area contributed by atoms with Crippen LogP contribution in [0.2, 0.25) is 6.32 Å². The van der Waals surface area contributed by atoms with Crippen molar-refractivity contribution in [3.8, 4) is 0 Å². The second-order valence-electron chi connectivity index (χ2n) is 8.09. The molecule has 1 unspecified atom stereocenters. The first kappa shape index (κ1) is 19.2. The summed E-state index contributed by atoms with van der Waals surface area (Å²) in [6, 6.07) is 0. The van der Waals surface area contributed by atoms with Gasteiger partial charge in [0.15, 0.2) is 0 Å². The molecule has 1 fully saturated rings. The van der Waals surface area contributed by atoms with Gasteiger partial charge in [0, 0.05) is 0 Å². The van der Waals surface area contributed by atoms with Crippen LogP contribution < -0.4 is 0 Å². The molecule has 0 saturated carbocycles. The van der Waals surface area contributed by atoms with Crippen LogP contribution in [-0.4, -0.2) is 30.9 Å². The topological polar surface area (TPSA) is 44.8 Å². The van der Waals surface area contributed by atoms with Crippen LogP contribution in [0.4, 0.5) is 0 Å². The Labute approximate surface area is 135 Å². The summed E-state index contributed by atoms with van der Waals surface area (Å²) in [5.74, 6) is 0.0217. The molecule has 0 bridgehead atoms. The summed E-state index contributed by atoms with van der Waals surface area (Å²) in [4.78, 5) is 11.8. The lowest BCUT2D eigenvalue weighted by Gasteiger charge is -2.32. The molecule has 22 heavy (non-hydrogen) atoms. The highest BCUT2D eigenvalue weighted by Gasteiger charge is 2.51. The van der Waals surface area contributed by atoms with Gasteiger partial charge in [0.2, 0.25) is 0 Å². The first-order chi connectivity index (χ1) is 9.89. The number of hydrogen-bond donors (Lipinski definition) is 0. The summed E-state index contributed by atoms with van der Waals surface area (Å²) in [5.41, 5.74) is -1.10. The van der Waals surface area contributed by atoms with E-state index < -0.39 is 5.41 Å². The SMILES string of the molecule is C=CC(CCOC(=O)C(C)(C)C)CB1OC(C)(C)C(C)(C)O1. The van der Waals surface area contributed by atoms with Crippen molar-refractivity contribution in [3.05, 3.63) is 12.7 Å². The fourth-order valence-corrected chi connectivity index (χ4v) is 2.16. The largest absolute Gasteiger partial charge is 0.465 e. The van der Waals surface area contributed by atoms with Crippen LogP contribution in [0.5, 0.6) is 0 Å². The first-order valence-corrected chi connectivity index (χ1v) is 8.04. The van der Waals surface area contributed by atoms with Gasteiger partial charge in [-0.1, -0.05) is 6.08 Å². The fraction of sp³-hybridized carbons (Fsp3) is 0.824. The van der Waals surface area contributed by atoms with E-state index in [4.69, 9.17) is 14.0 Å². The fourth-order valence-electron chi connectivity index (χ4n) is 2.16. The highest BCUT2D eigenvalue weighted by Crippen LogP contribution is 2.38. The Morgan fingerprint density at radius 1 is 1.23 bits per heavy atom. The molecule has 0 spiro atoms. The van der Waals surface area contributed by atoms with Crippen LogP contribution in [-0.2, 0) is 18.8 Å². The van der Waals surface area contributed by atoms with E-state index in [9.17, 15) is 4.79 Å². The Kier molecular flexibility index (Phi) is 5.91. The summed E-state index contributed by atoms with van der Waals surface area (Å²) >= 11 is 0. The van der Waals surface area contributed by atoms with Gasteiger partial charge in [-0.2, -0.15) is 0 Å². The van der Waals surface area contributed by atoms with E-state index in [0.717, 1.165) is 12.7 Å². The van der Waals surface area contributed by atoms with Crippen LogP contribution >= 0.6 is 0 Å². The third kappa shape index (κ3) is 4.85. The van der Waals surface area contributed by atoms with E-state index in [-0.39, 0.29) is 30.2 Å². The molecule has 1 aliphatic rings. The number of rotatable bonds is 6. The van der Waals surface area contributed by atoms with E-state index in [1.165, 1.54) is 0 Å². The van der Waals surface area contributed by atoms with Crippen molar-refractivity contribution in [2.24, 2.45) is 11.3 Å². The minimum Gasteiger partial charge on any atom is -0.465 e. The predicted octanol–water partition coefficient (Wildman–Crippen LogP) is 3.86. The average Bonchev–Trinajstić information content (AvgIpc) is 2.54. The molecule has 0 N–H and O–H groups in total. The zero-order chi connectivity index (χ0) is 17.2. The molecule has 4 nitrogen and oxygen atoms in total. The molecular formula is C17H31BO4. The Bertz CT molecular complexity index is 393. The average molecular weight is 310 g/mol. The molecule has 1 rings (SSSR count). The van der Waals surface area contributed by atoms with Crippen molar-refractivity contribution < 1.29 is 18.8 Å². The molecule has 126 valence electrons. The number of esters is 1. The van der Waals surface area contributed by atoms with E-state index in [0.29, 0.717) is 6.61 Å². The highest BCUT2D eigenvalue weighted by atomic mass is 16.7. The third-order valence-corrected chi connectivity index (χ3v) is 4.46. The zero-order valence-electron chi connectivity index (χ0n) is 15.2. The highest BCUT2D eigenvalue weighted by molar-refractivity contribution is 6.45. The van der Waals surface area contributed by atoms with Crippen molar-refractivity contribution in [1.82, 2.24) is 0 Å². The van der Waals surface area contributed by atoms with Gasteiger partial charge < -0.3 is 14.0 Å². The van der Waals surface area contributed by atoms with Crippen molar-refractivity contribution in [1.29, 1.82) is 0 Å². The molecule has 0 aromatic carbocycles. The van der Waals surface area contributed by atoms with Crippen LogP contribution in [0.1, 0.15) is 54.9 Å². The maximum absolute atomic E-state index is 11.8. The smallest absolute Gasteiger partial charge is 0.458 e. The molecular weight excluding hydrogens is 279 g/mol. The van der Waals surface area contributed by atoms with E-state index >= 15 is 0 Å². The summed E-state index contributed by atoms with van der Waals surface area (Å²) in [6.45, 7) is 18.0. The van der Waals surface area contributed by atoms with Crippen molar-refractivity contribution in [2.75, 3.05) is 6.61 Å². The maximum atomic E-state index is 11.8. The molecule has 0 aliphatic carbocycles. The van der Waals surface area contributed by atoms with Gasteiger partial charge in [-0.3, -0.25) is 4.79 Å². The predicted molar refractivity (Wildman–Crippen MR) is 89.6 cm³/mol. The van der Waals surface area contributed by atoms with Gasteiger partial charge in [-0.05, 0) is 67.1 Å². The Morgan fingerprint density at radius 3 is 2.14 bits per heavy atom. The molecule has 0 aromatic heterocycles.